The highest BCUT2D eigenvalue weighted by Crippen LogP contribution is 2.29. The lowest BCUT2D eigenvalue weighted by atomic mass is 10.0. The van der Waals surface area contributed by atoms with Crippen LogP contribution >= 0.6 is 15.9 Å². The Morgan fingerprint density at radius 2 is 1.50 bits per heavy atom. The first-order valence-electron chi connectivity index (χ1n) is 9.17. The second-order valence-electron chi connectivity index (χ2n) is 6.35. The van der Waals surface area contributed by atoms with Gasteiger partial charge in [0.1, 0.15) is 5.75 Å². The van der Waals surface area contributed by atoms with Crippen molar-refractivity contribution in [3.05, 3.63) is 77.3 Å². The van der Waals surface area contributed by atoms with Crippen LogP contribution in [0.5, 0.6) is 5.75 Å². The molecule has 0 fully saturated rings. The van der Waals surface area contributed by atoms with Gasteiger partial charge in [0.05, 0.1) is 12.2 Å². The number of benzene rings is 3. The van der Waals surface area contributed by atoms with Crippen LogP contribution < -0.4 is 4.74 Å². The molecule has 0 aliphatic carbocycles. The molecule has 0 N–H and O–H groups in total. The third-order valence-electron chi connectivity index (χ3n) is 4.33. The normalized spacial score (nSPS) is 10.8. The summed E-state index contributed by atoms with van der Waals surface area (Å²) in [5, 5.41) is 4.12. The average molecular weight is 435 g/mol. The minimum absolute atomic E-state index is 0.495. The van der Waals surface area contributed by atoms with E-state index in [1.807, 2.05) is 48.5 Å². The number of ether oxygens (including phenoxy) is 1. The molecule has 0 bridgehead atoms. The van der Waals surface area contributed by atoms with Crippen LogP contribution in [0.1, 0.15) is 13.3 Å². The van der Waals surface area contributed by atoms with Crippen molar-refractivity contribution in [2.45, 2.75) is 13.3 Å². The number of rotatable bonds is 6. The molecule has 4 nitrogen and oxygen atoms in total. The van der Waals surface area contributed by atoms with Crippen LogP contribution in [0.2, 0.25) is 0 Å². The highest BCUT2D eigenvalue weighted by molar-refractivity contribution is 9.10. The molecule has 28 heavy (non-hydrogen) atoms. The molecule has 0 unspecified atom stereocenters. The molecule has 140 valence electrons. The van der Waals surface area contributed by atoms with Crippen LogP contribution in [0, 0.1) is 0 Å². The van der Waals surface area contributed by atoms with E-state index in [4.69, 9.17) is 9.26 Å². The average Bonchev–Trinajstić information content (AvgIpc) is 3.23. The predicted molar refractivity (Wildman–Crippen MR) is 114 cm³/mol. The highest BCUT2D eigenvalue weighted by Gasteiger charge is 2.13. The van der Waals surface area contributed by atoms with Crippen LogP contribution in [0.25, 0.3) is 34.0 Å². The van der Waals surface area contributed by atoms with Gasteiger partial charge < -0.3 is 9.26 Å². The lowest BCUT2D eigenvalue weighted by Crippen LogP contribution is -1.94. The molecule has 1 heterocycles. The Kier molecular flexibility index (Phi) is 5.53. The maximum Gasteiger partial charge on any atom is 0.259 e. The van der Waals surface area contributed by atoms with Gasteiger partial charge in [-0.3, -0.25) is 0 Å². The van der Waals surface area contributed by atoms with E-state index in [1.165, 1.54) is 0 Å². The zero-order valence-corrected chi connectivity index (χ0v) is 17.0. The summed E-state index contributed by atoms with van der Waals surface area (Å²) >= 11 is 3.52. The Balaban J connectivity index is 1.53. The van der Waals surface area contributed by atoms with Gasteiger partial charge in [0.25, 0.3) is 5.89 Å². The van der Waals surface area contributed by atoms with Crippen LogP contribution in [0.4, 0.5) is 0 Å². The van der Waals surface area contributed by atoms with Gasteiger partial charge in [-0.05, 0) is 57.7 Å². The molecule has 0 aliphatic heterocycles. The Bertz CT molecular complexity index is 1060. The Morgan fingerprint density at radius 3 is 2.18 bits per heavy atom. The van der Waals surface area contributed by atoms with Gasteiger partial charge in [0.2, 0.25) is 5.82 Å². The van der Waals surface area contributed by atoms with E-state index in [0.717, 1.165) is 45.5 Å². The standard InChI is InChI=1S/C23H19BrN2O2/c1-2-15-27-19-13-11-17(12-14-19)16-7-9-18(10-8-16)22-25-23(28-26-22)20-5-3-4-6-21(20)24/h3-14H,2,15H2,1H3. The van der Waals surface area contributed by atoms with E-state index in [-0.39, 0.29) is 0 Å². The third-order valence-corrected chi connectivity index (χ3v) is 5.03. The van der Waals surface area contributed by atoms with E-state index in [2.05, 4.69) is 57.3 Å². The molecule has 0 atom stereocenters. The lowest BCUT2D eigenvalue weighted by molar-refractivity contribution is 0.317. The number of aromatic nitrogens is 2. The monoisotopic (exact) mass is 434 g/mol. The first-order chi connectivity index (χ1) is 13.7. The largest absolute Gasteiger partial charge is 0.494 e. The van der Waals surface area contributed by atoms with Crippen molar-refractivity contribution in [2.75, 3.05) is 6.61 Å². The summed E-state index contributed by atoms with van der Waals surface area (Å²) in [5.74, 6) is 1.96. The van der Waals surface area contributed by atoms with Gasteiger partial charge in [0, 0.05) is 10.0 Å². The third kappa shape index (κ3) is 3.99. The highest BCUT2D eigenvalue weighted by atomic mass is 79.9. The maximum atomic E-state index is 5.64. The zero-order valence-electron chi connectivity index (χ0n) is 15.4. The molecular formula is C23H19BrN2O2. The summed E-state index contributed by atoms with van der Waals surface area (Å²) in [6, 6.07) is 24.1. The maximum absolute atomic E-state index is 5.64. The fraction of sp³-hybridized carbons (Fsp3) is 0.130. The second-order valence-corrected chi connectivity index (χ2v) is 7.21. The predicted octanol–water partition coefficient (Wildman–Crippen LogP) is 6.62. The minimum Gasteiger partial charge on any atom is -0.494 e. The van der Waals surface area contributed by atoms with Gasteiger partial charge in [-0.25, -0.2) is 0 Å². The summed E-state index contributed by atoms with van der Waals surface area (Å²) in [7, 11) is 0. The summed E-state index contributed by atoms with van der Waals surface area (Å²) in [5.41, 5.74) is 4.05. The molecule has 0 aliphatic rings. The molecule has 1 aromatic heterocycles. The number of hydrogen-bond acceptors (Lipinski definition) is 4. The van der Waals surface area contributed by atoms with Gasteiger partial charge >= 0.3 is 0 Å². The van der Waals surface area contributed by atoms with Gasteiger partial charge in [-0.15, -0.1) is 0 Å². The van der Waals surface area contributed by atoms with E-state index >= 15 is 0 Å². The molecule has 5 heteroatoms. The molecule has 0 saturated carbocycles. The molecule has 0 amide bonds. The van der Waals surface area contributed by atoms with Crippen LogP contribution in [-0.2, 0) is 0 Å². The smallest absolute Gasteiger partial charge is 0.259 e. The molecule has 4 aromatic rings. The SMILES string of the molecule is CCCOc1ccc(-c2ccc(-c3noc(-c4ccccc4Br)n3)cc2)cc1. The van der Waals surface area contributed by atoms with Crippen molar-refractivity contribution >= 4 is 15.9 Å². The number of hydrogen-bond donors (Lipinski definition) is 0. The van der Waals surface area contributed by atoms with E-state index in [1.54, 1.807) is 0 Å². The summed E-state index contributed by atoms with van der Waals surface area (Å²) < 4.78 is 12.0. The van der Waals surface area contributed by atoms with Crippen LogP contribution in [0.15, 0.2) is 81.8 Å². The number of nitrogens with zero attached hydrogens (tertiary/aromatic N) is 2. The van der Waals surface area contributed by atoms with E-state index in [0.29, 0.717) is 11.7 Å². The van der Waals surface area contributed by atoms with Crippen molar-refractivity contribution in [3.8, 4) is 39.7 Å². The topological polar surface area (TPSA) is 48.2 Å². The molecule has 0 radical (unpaired) electrons. The fourth-order valence-corrected chi connectivity index (χ4v) is 3.31. The summed E-state index contributed by atoms with van der Waals surface area (Å²) in [6.07, 6.45) is 1.00. The lowest BCUT2D eigenvalue weighted by Gasteiger charge is -2.06. The molecule has 4 rings (SSSR count). The van der Waals surface area contributed by atoms with E-state index < -0.39 is 0 Å². The Labute approximate surface area is 172 Å². The number of halogens is 1. The van der Waals surface area contributed by atoms with Crippen LogP contribution in [-0.4, -0.2) is 16.7 Å². The molecule has 3 aromatic carbocycles. The molecule has 0 spiro atoms. The second kappa shape index (κ2) is 8.40. The van der Waals surface area contributed by atoms with Gasteiger partial charge in [-0.2, -0.15) is 4.98 Å². The van der Waals surface area contributed by atoms with E-state index in [9.17, 15) is 0 Å². The van der Waals surface area contributed by atoms with Crippen molar-refractivity contribution in [1.29, 1.82) is 0 Å². The van der Waals surface area contributed by atoms with Crippen molar-refractivity contribution in [2.24, 2.45) is 0 Å². The minimum atomic E-state index is 0.495. The first-order valence-corrected chi connectivity index (χ1v) is 9.96. The van der Waals surface area contributed by atoms with Crippen molar-refractivity contribution < 1.29 is 9.26 Å². The Hall–Kier alpha value is -2.92. The molecule has 0 saturated heterocycles. The fourth-order valence-electron chi connectivity index (χ4n) is 2.86. The van der Waals surface area contributed by atoms with Crippen molar-refractivity contribution in [3.63, 3.8) is 0 Å². The van der Waals surface area contributed by atoms with Crippen molar-refractivity contribution in [1.82, 2.24) is 10.1 Å². The Morgan fingerprint density at radius 1 is 0.857 bits per heavy atom. The summed E-state index contributed by atoms with van der Waals surface area (Å²) in [6.45, 7) is 2.83. The summed E-state index contributed by atoms with van der Waals surface area (Å²) in [4.78, 5) is 4.53. The quantitative estimate of drug-likeness (QED) is 0.341. The first kappa shape index (κ1) is 18.4. The van der Waals surface area contributed by atoms with Gasteiger partial charge in [-0.1, -0.05) is 60.6 Å². The zero-order chi connectivity index (χ0) is 19.3. The van der Waals surface area contributed by atoms with Gasteiger partial charge in [0.15, 0.2) is 0 Å². The molecular weight excluding hydrogens is 416 g/mol. The van der Waals surface area contributed by atoms with Crippen LogP contribution in [0.3, 0.4) is 0 Å².